The summed E-state index contributed by atoms with van der Waals surface area (Å²) in [6.07, 6.45) is -11.5. The highest BCUT2D eigenvalue weighted by molar-refractivity contribution is 5.82. The summed E-state index contributed by atoms with van der Waals surface area (Å²) in [6.45, 7) is -0.580. The Labute approximate surface area is 193 Å². The van der Waals surface area contributed by atoms with E-state index in [0.29, 0.717) is 6.42 Å². The lowest BCUT2D eigenvalue weighted by molar-refractivity contribution is -0.185. The van der Waals surface area contributed by atoms with Crippen molar-refractivity contribution in [2.24, 2.45) is 0 Å². The summed E-state index contributed by atoms with van der Waals surface area (Å²) in [6, 6.07) is 0. The van der Waals surface area contributed by atoms with E-state index in [1.807, 2.05) is 0 Å². The largest absolute Gasteiger partial charge is 0.471 e. The molecule has 2 amide bonds. The molecule has 1 aliphatic rings. The van der Waals surface area contributed by atoms with Gasteiger partial charge in [-0.15, -0.1) is 0 Å². The first-order valence-electron chi connectivity index (χ1n) is 10.5. The number of aliphatic hydroxyl groups is 1. The number of nitrogens with one attached hydrogen (secondary N) is 2. The van der Waals surface area contributed by atoms with Crippen molar-refractivity contribution in [1.29, 1.82) is 0 Å². The first kappa shape index (κ1) is 28.4. The third kappa shape index (κ3) is 7.55. The normalized spacial score (nSPS) is 20.6. The average Bonchev–Trinajstić information content (AvgIpc) is 3.12. The van der Waals surface area contributed by atoms with Gasteiger partial charge in [-0.1, -0.05) is 6.92 Å². The molecule has 1 fully saturated rings. The minimum absolute atomic E-state index is 0.0209. The van der Waals surface area contributed by atoms with Crippen LogP contribution in [0.1, 0.15) is 38.0 Å². The van der Waals surface area contributed by atoms with Crippen molar-refractivity contribution in [3.63, 3.8) is 0 Å². The van der Waals surface area contributed by atoms with Crippen molar-refractivity contribution in [2.75, 3.05) is 19.6 Å². The molecule has 1 aliphatic heterocycles. The molecule has 10 nitrogen and oxygen atoms in total. The molecule has 0 aromatic carbocycles. The van der Waals surface area contributed by atoms with Gasteiger partial charge in [0.05, 0.1) is 12.2 Å². The number of rotatable bonds is 9. The van der Waals surface area contributed by atoms with Gasteiger partial charge in [0, 0.05) is 37.8 Å². The summed E-state index contributed by atoms with van der Waals surface area (Å²) in [5.41, 5.74) is -1.66. The Morgan fingerprint density at radius 3 is 2.40 bits per heavy atom. The van der Waals surface area contributed by atoms with E-state index in [9.17, 15) is 50.6 Å². The van der Waals surface area contributed by atoms with Crippen molar-refractivity contribution in [3.05, 3.63) is 32.6 Å². The molecule has 1 saturated heterocycles. The van der Waals surface area contributed by atoms with Gasteiger partial charge in [-0.25, -0.2) is 4.79 Å². The Kier molecular flexibility index (Phi) is 9.11. The number of carbonyl (C=O) groups is 2. The molecule has 35 heavy (non-hydrogen) atoms. The van der Waals surface area contributed by atoms with Gasteiger partial charge in [-0.2, -0.15) is 26.3 Å². The minimum Gasteiger partial charge on any atom is -0.390 e. The van der Waals surface area contributed by atoms with Crippen LogP contribution < -0.4 is 16.6 Å². The summed E-state index contributed by atoms with van der Waals surface area (Å²) in [4.78, 5) is 49.0. The SMILES string of the molecule is CC[C@H]1O[C@@H](n2cc(CCCN(CCNC(=O)C(F)(F)F)C(=O)C(F)(F)F)c(=O)[nH]c2=O)CC1O. The van der Waals surface area contributed by atoms with E-state index in [-0.39, 0.29) is 29.7 Å². The van der Waals surface area contributed by atoms with Crippen LogP contribution in [0.25, 0.3) is 0 Å². The summed E-state index contributed by atoms with van der Waals surface area (Å²) in [7, 11) is 0. The van der Waals surface area contributed by atoms with E-state index >= 15 is 0 Å². The summed E-state index contributed by atoms with van der Waals surface area (Å²) in [5.74, 6) is -4.69. The van der Waals surface area contributed by atoms with E-state index in [1.165, 1.54) is 5.32 Å². The molecule has 0 radical (unpaired) electrons. The molecule has 198 valence electrons. The molecule has 1 aromatic rings. The van der Waals surface area contributed by atoms with Gasteiger partial charge in [-0.05, 0) is 19.3 Å². The van der Waals surface area contributed by atoms with E-state index in [1.54, 1.807) is 6.92 Å². The fourth-order valence-electron chi connectivity index (χ4n) is 3.53. The van der Waals surface area contributed by atoms with E-state index < -0.39 is 73.5 Å². The second-order valence-corrected chi connectivity index (χ2v) is 7.81. The maximum Gasteiger partial charge on any atom is 0.471 e. The van der Waals surface area contributed by atoms with Gasteiger partial charge in [-0.3, -0.25) is 23.9 Å². The predicted octanol–water partition coefficient (Wildman–Crippen LogP) is 0.597. The van der Waals surface area contributed by atoms with Crippen molar-refractivity contribution in [3.8, 4) is 0 Å². The van der Waals surface area contributed by atoms with E-state index in [0.717, 1.165) is 10.8 Å². The molecule has 0 bridgehead atoms. The number of aliphatic hydroxyl groups excluding tert-OH is 1. The van der Waals surface area contributed by atoms with Gasteiger partial charge in [0.2, 0.25) is 0 Å². The highest BCUT2D eigenvalue weighted by Crippen LogP contribution is 2.29. The topological polar surface area (TPSA) is 134 Å². The quantitative estimate of drug-likeness (QED) is 0.410. The third-order valence-corrected chi connectivity index (χ3v) is 5.29. The highest BCUT2D eigenvalue weighted by Gasteiger charge is 2.43. The molecule has 2 rings (SSSR count). The number of alkyl halides is 6. The molecule has 3 atom stereocenters. The maximum atomic E-state index is 12.9. The first-order valence-corrected chi connectivity index (χ1v) is 10.5. The molecule has 0 saturated carbocycles. The number of hydrogen-bond acceptors (Lipinski definition) is 6. The standard InChI is InChI=1S/C19H24F6N4O6/c1-2-12-11(30)8-13(35-12)29-9-10(14(31)27-17(29)34)4-3-6-28(16(33)19(23,24)25)7-5-26-15(32)18(20,21)22/h9,11-13,30H,2-8H2,1H3,(H,26,32)(H,27,31,34)/t11?,12-,13-/m1/s1. The van der Waals surface area contributed by atoms with E-state index in [2.05, 4.69) is 4.98 Å². The number of halogens is 6. The highest BCUT2D eigenvalue weighted by atomic mass is 19.4. The number of carbonyl (C=O) groups excluding carboxylic acids is 2. The van der Waals surface area contributed by atoms with Crippen LogP contribution in [-0.4, -0.2) is 75.6 Å². The maximum absolute atomic E-state index is 12.9. The minimum atomic E-state index is -5.31. The number of ether oxygens (including phenoxy) is 1. The molecule has 3 N–H and O–H groups in total. The number of aromatic nitrogens is 2. The van der Waals surface area contributed by atoms with Crippen LogP contribution >= 0.6 is 0 Å². The van der Waals surface area contributed by atoms with Gasteiger partial charge in [0.1, 0.15) is 6.23 Å². The van der Waals surface area contributed by atoms with Gasteiger partial charge in [0.15, 0.2) is 0 Å². The summed E-state index contributed by atoms with van der Waals surface area (Å²) in [5, 5.41) is 11.4. The number of nitrogens with zero attached hydrogens (tertiary/aromatic N) is 2. The van der Waals surface area contributed by atoms with Crippen LogP contribution in [0, 0.1) is 0 Å². The fraction of sp³-hybridized carbons (Fsp3) is 0.684. The zero-order valence-corrected chi connectivity index (χ0v) is 18.4. The number of aryl methyl sites for hydroxylation is 1. The monoisotopic (exact) mass is 518 g/mol. The first-order chi connectivity index (χ1) is 16.1. The lowest BCUT2D eigenvalue weighted by atomic mass is 10.1. The Morgan fingerprint density at radius 2 is 1.86 bits per heavy atom. The summed E-state index contributed by atoms with van der Waals surface area (Å²) < 4.78 is 81.9. The third-order valence-electron chi connectivity index (χ3n) is 5.29. The van der Waals surface area contributed by atoms with Crippen LogP contribution in [0.3, 0.4) is 0 Å². The number of amides is 2. The molecule has 0 spiro atoms. The van der Waals surface area contributed by atoms with Crippen LogP contribution in [0.4, 0.5) is 26.3 Å². The molecule has 16 heteroatoms. The molecular weight excluding hydrogens is 494 g/mol. The van der Waals surface area contributed by atoms with Crippen molar-refractivity contribution in [2.45, 2.75) is 63.4 Å². The second-order valence-electron chi connectivity index (χ2n) is 7.81. The fourth-order valence-corrected chi connectivity index (χ4v) is 3.53. The Hall–Kier alpha value is -2.88. The van der Waals surface area contributed by atoms with Gasteiger partial charge in [0.25, 0.3) is 5.56 Å². The Balaban J connectivity index is 2.08. The van der Waals surface area contributed by atoms with Crippen LogP contribution in [-0.2, 0) is 20.7 Å². The van der Waals surface area contributed by atoms with Gasteiger partial charge >= 0.3 is 29.9 Å². The van der Waals surface area contributed by atoms with Crippen molar-refractivity contribution < 1.29 is 45.8 Å². The lowest BCUT2D eigenvalue weighted by Crippen LogP contribution is -2.47. The predicted molar refractivity (Wildman–Crippen MR) is 106 cm³/mol. The average molecular weight is 518 g/mol. The molecule has 0 aliphatic carbocycles. The Morgan fingerprint density at radius 1 is 1.20 bits per heavy atom. The zero-order valence-electron chi connectivity index (χ0n) is 18.4. The van der Waals surface area contributed by atoms with Crippen molar-refractivity contribution >= 4 is 11.8 Å². The number of H-pyrrole nitrogens is 1. The number of aromatic amines is 1. The smallest absolute Gasteiger partial charge is 0.390 e. The van der Waals surface area contributed by atoms with E-state index in [4.69, 9.17) is 4.74 Å². The van der Waals surface area contributed by atoms with Crippen LogP contribution in [0.2, 0.25) is 0 Å². The molecular formula is C19H24F6N4O6. The second kappa shape index (κ2) is 11.2. The molecule has 2 heterocycles. The Bertz CT molecular complexity index is 1020. The summed E-state index contributed by atoms with van der Waals surface area (Å²) >= 11 is 0. The lowest BCUT2D eigenvalue weighted by Gasteiger charge is -2.24. The van der Waals surface area contributed by atoms with Crippen LogP contribution in [0.15, 0.2) is 15.8 Å². The van der Waals surface area contributed by atoms with Crippen molar-refractivity contribution in [1.82, 2.24) is 19.8 Å². The van der Waals surface area contributed by atoms with Gasteiger partial charge < -0.3 is 20.1 Å². The van der Waals surface area contributed by atoms with Crippen LogP contribution in [0.5, 0.6) is 0 Å². The molecule has 1 aromatic heterocycles. The number of hydrogen-bond donors (Lipinski definition) is 3. The zero-order chi connectivity index (χ0) is 26.6. The molecule has 1 unspecified atom stereocenters.